The number of rotatable bonds is 4. The van der Waals surface area contributed by atoms with Crippen LogP contribution in [0.5, 0.6) is 0 Å². The van der Waals surface area contributed by atoms with Crippen molar-refractivity contribution in [2.24, 2.45) is 0 Å². The second kappa shape index (κ2) is 7.55. The Labute approximate surface area is 146 Å². The maximum Gasteiger partial charge on any atom is 0.338 e. The fourth-order valence-electron chi connectivity index (χ4n) is 3.23. The van der Waals surface area contributed by atoms with Crippen molar-refractivity contribution in [2.45, 2.75) is 25.8 Å². The number of carbonyl (C=O) groups is 3. The molecule has 1 atom stereocenters. The van der Waals surface area contributed by atoms with E-state index in [2.05, 4.69) is 10.2 Å². The number of nitrogens with one attached hydrogen (secondary N) is 1. The molecule has 1 N–H and O–H groups in total. The van der Waals surface area contributed by atoms with Crippen molar-refractivity contribution >= 4 is 23.5 Å². The molecule has 3 rings (SSSR count). The number of anilines is 1. The number of hydrogen-bond donors (Lipinski definition) is 1. The minimum absolute atomic E-state index is 0.0168. The highest BCUT2D eigenvalue weighted by atomic mass is 16.5. The standard InChI is InChI=1S/C18H23N3O4/c1-2-25-18(24)13-3-5-14(6-4-13)20-9-11-21(12-10-20)17(23)15-7-8-16(22)19-15/h3-6,15H,2,7-12H2,1H3,(H,19,22). The van der Waals surface area contributed by atoms with E-state index >= 15 is 0 Å². The Morgan fingerprint density at radius 1 is 1.16 bits per heavy atom. The third-order valence-electron chi connectivity index (χ3n) is 4.63. The zero-order valence-corrected chi connectivity index (χ0v) is 14.4. The first-order chi connectivity index (χ1) is 12.1. The topological polar surface area (TPSA) is 79.0 Å². The highest BCUT2D eigenvalue weighted by Gasteiger charge is 2.32. The molecule has 7 heteroatoms. The van der Waals surface area contributed by atoms with E-state index < -0.39 is 0 Å². The predicted molar refractivity (Wildman–Crippen MR) is 92.4 cm³/mol. The first-order valence-corrected chi connectivity index (χ1v) is 8.68. The summed E-state index contributed by atoms with van der Waals surface area (Å²) in [6.07, 6.45) is 1.02. The lowest BCUT2D eigenvalue weighted by atomic mass is 10.1. The van der Waals surface area contributed by atoms with E-state index in [0.29, 0.717) is 38.1 Å². The van der Waals surface area contributed by atoms with E-state index in [1.54, 1.807) is 19.1 Å². The van der Waals surface area contributed by atoms with Crippen LogP contribution < -0.4 is 10.2 Å². The first kappa shape index (κ1) is 17.3. The zero-order chi connectivity index (χ0) is 17.8. The summed E-state index contributed by atoms with van der Waals surface area (Å²) in [7, 11) is 0. The molecule has 0 bridgehead atoms. The molecule has 0 radical (unpaired) electrons. The van der Waals surface area contributed by atoms with Crippen LogP contribution in [0.25, 0.3) is 0 Å². The number of ether oxygens (including phenoxy) is 1. The van der Waals surface area contributed by atoms with Crippen LogP contribution in [0.15, 0.2) is 24.3 Å². The summed E-state index contributed by atoms with van der Waals surface area (Å²) in [5, 5.41) is 2.73. The summed E-state index contributed by atoms with van der Waals surface area (Å²) >= 11 is 0. The van der Waals surface area contributed by atoms with Gasteiger partial charge in [0.2, 0.25) is 11.8 Å². The molecule has 1 unspecified atom stereocenters. The minimum atomic E-state index is -0.358. The summed E-state index contributed by atoms with van der Waals surface area (Å²) in [6.45, 7) is 4.86. The molecule has 2 saturated heterocycles. The third-order valence-corrected chi connectivity index (χ3v) is 4.63. The van der Waals surface area contributed by atoms with Gasteiger partial charge in [-0.2, -0.15) is 0 Å². The van der Waals surface area contributed by atoms with Crippen LogP contribution in [0.2, 0.25) is 0 Å². The molecule has 2 aliphatic rings. The van der Waals surface area contributed by atoms with E-state index in [-0.39, 0.29) is 23.8 Å². The van der Waals surface area contributed by atoms with Gasteiger partial charge in [0, 0.05) is 38.3 Å². The second-order valence-corrected chi connectivity index (χ2v) is 6.24. The molecule has 2 amide bonds. The van der Waals surface area contributed by atoms with Crippen molar-refractivity contribution in [1.29, 1.82) is 0 Å². The number of benzene rings is 1. The van der Waals surface area contributed by atoms with Crippen LogP contribution in [0.1, 0.15) is 30.1 Å². The number of esters is 1. The Morgan fingerprint density at radius 2 is 1.84 bits per heavy atom. The predicted octanol–water partition coefficient (Wildman–Crippen LogP) is 0.791. The molecule has 0 aliphatic carbocycles. The zero-order valence-electron chi connectivity index (χ0n) is 14.4. The molecular weight excluding hydrogens is 322 g/mol. The Balaban J connectivity index is 1.54. The van der Waals surface area contributed by atoms with E-state index in [1.807, 2.05) is 17.0 Å². The van der Waals surface area contributed by atoms with Gasteiger partial charge in [0.05, 0.1) is 12.2 Å². The fraction of sp³-hybridized carbons (Fsp3) is 0.500. The van der Waals surface area contributed by atoms with Crippen molar-refractivity contribution in [3.8, 4) is 0 Å². The summed E-state index contributed by atoms with van der Waals surface area (Å²) in [5.41, 5.74) is 1.56. The molecule has 134 valence electrons. The van der Waals surface area contributed by atoms with Crippen LogP contribution in [0.3, 0.4) is 0 Å². The van der Waals surface area contributed by atoms with Crippen LogP contribution in [-0.2, 0) is 14.3 Å². The minimum Gasteiger partial charge on any atom is -0.462 e. The van der Waals surface area contributed by atoms with Gasteiger partial charge in [-0.1, -0.05) is 0 Å². The summed E-state index contributed by atoms with van der Waals surface area (Å²) in [5.74, 6) is -0.343. The maximum absolute atomic E-state index is 12.4. The number of amides is 2. The highest BCUT2D eigenvalue weighted by molar-refractivity contribution is 5.91. The molecule has 0 aromatic heterocycles. The molecule has 0 saturated carbocycles. The lowest BCUT2D eigenvalue weighted by Crippen LogP contribution is -2.53. The van der Waals surface area contributed by atoms with Gasteiger partial charge in [-0.15, -0.1) is 0 Å². The molecule has 7 nitrogen and oxygen atoms in total. The maximum atomic E-state index is 12.4. The van der Waals surface area contributed by atoms with Gasteiger partial charge in [-0.05, 0) is 37.6 Å². The van der Waals surface area contributed by atoms with Gasteiger partial charge >= 0.3 is 5.97 Å². The lowest BCUT2D eigenvalue weighted by Gasteiger charge is -2.37. The molecule has 2 fully saturated rings. The number of piperazine rings is 1. The van der Waals surface area contributed by atoms with Crippen molar-refractivity contribution in [2.75, 3.05) is 37.7 Å². The van der Waals surface area contributed by atoms with Gasteiger partial charge in [0.15, 0.2) is 0 Å². The third kappa shape index (κ3) is 3.92. The number of carbonyl (C=O) groups excluding carboxylic acids is 3. The number of hydrogen-bond acceptors (Lipinski definition) is 5. The van der Waals surface area contributed by atoms with Crippen LogP contribution in [-0.4, -0.2) is 61.5 Å². The average molecular weight is 345 g/mol. The Bertz CT molecular complexity index is 651. The molecular formula is C18H23N3O4. The molecule has 2 aliphatic heterocycles. The smallest absolute Gasteiger partial charge is 0.338 e. The van der Waals surface area contributed by atoms with E-state index in [4.69, 9.17) is 4.74 Å². The molecule has 2 heterocycles. The lowest BCUT2D eigenvalue weighted by molar-refractivity contribution is -0.134. The molecule has 1 aromatic carbocycles. The van der Waals surface area contributed by atoms with Gasteiger partial charge in [-0.25, -0.2) is 4.79 Å². The van der Waals surface area contributed by atoms with Gasteiger partial charge in [0.25, 0.3) is 0 Å². The van der Waals surface area contributed by atoms with Crippen molar-refractivity contribution in [1.82, 2.24) is 10.2 Å². The quantitative estimate of drug-likeness (QED) is 0.817. The van der Waals surface area contributed by atoms with Crippen LogP contribution in [0.4, 0.5) is 5.69 Å². The number of nitrogens with zero attached hydrogens (tertiary/aromatic N) is 2. The monoisotopic (exact) mass is 345 g/mol. The first-order valence-electron chi connectivity index (χ1n) is 8.68. The van der Waals surface area contributed by atoms with Crippen molar-refractivity contribution in [3.05, 3.63) is 29.8 Å². The van der Waals surface area contributed by atoms with E-state index in [9.17, 15) is 14.4 Å². The highest BCUT2D eigenvalue weighted by Crippen LogP contribution is 2.19. The van der Waals surface area contributed by atoms with Crippen LogP contribution in [0, 0.1) is 0 Å². The largest absolute Gasteiger partial charge is 0.462 e. The molecule has 0 spiro atoms. The van der Waals surface area contributed by atoms with Crippen molar-refractivity contribution < 1.29 is 19.1 Å². The molecule has 25 heavy (non-hydrogen) atoms. The van der Waals surface area contributed by atoms with Crippen molar-refractivity contribution in [3.63, 3.8) is 0 Å². The van der Waals surface area contributed by atoms with E-state index in [0.717, 1.165) is 18.8 Å². The Kier molecular flexibility index (Phi) is 5.21. The fourth-order valence-corrected chi connectivity index (χ4v) is 3.23. The molecule has 1 aromatic rings. The van der Waals surface area contributed by atoms with Gasteiger partial charge in [-0.3, -0.25) is 9.59 Å². The van der Waals surface area contributed by atoms with Gasteiger partial charge in [0.1, 0.15) is 6.04 Å². The average Bonchev–Trinajstić information content (AvgIpc) is 3.08. The van der Waals surface area contributed by atoms with E-state index in [1.165, 1.54) is 0 Å². The van der Waals surface area contributed by atoms with Crippen LogP contribution >= 0.6 is 0 Å². The normalized spacial score (nSPS) is 20.4. The second-order valence-electron chi connectivity index (χ2n) is 6.24. The summed E-state index contributed by atoms with van der Waals surface area (Å²) in [4.78, 5) is 39.4. The van der Waals surface area contributed by atoms with Gasteiger partial charge < -0.3 is 19.9 Å². The summed E-state index contributed by atoms with van der Waals surface area (Å²) < 4.78 is 4.98. The Morgan fingerprint density at radius 3 is 2.40 bits per heavy atom. The Hall–Kier alpha value is -2.57. The summed E-state index contributed by atoms with van der Waals surface area (Å²) in [6, 6.07) is 6.97. The SMILES string of the molecule is CCOC(=O)c1ccc(N2CCN(C(=O)C3CCC(=O)N3)CC2)cc1.